The smallest absolute Gasteiger partial charge is 0.340 e. The number of rotatable bonds is 5. The summed E-state index contributed by atoms with van der Waals surface area (Å²) in [7, 11) is 1.98. The summed E-state index contributed by atoms with van der Waals surface area (Å²) < 4.78 is 4.99. The molecule has 1 heterocycles. The molecule has 1 aromatic heterocycles. The zero-order valence-corrected chi connectivity index (χ0v) is 11.7. The molecule has 2 N–H and O–H groups in total. The molecule has 1 aliphatic carbocycles. The molecule has 2 unspecified atom stereocenters. The van der Waals surface area contributed by atoms with Crippen LogP contribution in [-0.4, -0.2) is 31.2 Å². The van der Waals surface area contributed by atoms with Crippen LogP contribution < -0.4 is 10.6 Å². The first-order valence-electron chi connectivity index (χ1n) is 6.66. The van der Waals surface area contributed by atoms with Gasteiger partial charge in [0.25, 0.3) is 0 Å². The van der Waals surface area contributed by atoms with Crippen molar-refractivity contribution in [3.63, 3.8) is 0 Å². The number of nitrogen functional groups attached to an aromatic ring is 1. The molecular formula is C14H21N3O2. The Balaban J connectivity index is 2.12. The number of aromatic nitrogens is 1. The molecule has 0 bridgehead atoms. The molecule has 0 aromatic carbocycles. The quantitative estimate of drug-likeness (QED) is 0.822. The maximum Gasteiger partial charge on any atom is 0.340 e. The Morgan fingerprint density at radius 1 is 1.63 bits per heavy atom. The SMILES string of the molecule is CCOC(=O)c1cc(N(C)CC2CC2C)ncc1N. The molecule has 0 amide bonds. The van der Waals surface area contributed by atoms with Gasteiger partial charge in [-0.05, 0) is 31.2 Å². The maximum absolute atomic E-state index is 11.8. The zero-order chi connectivity index (χ0) is 14.0. The number of hydrogen-bond acceptors (Lipinski definition) is 5. The number of carbonyl (C=O) groups excluding carboxylic acids is 1. The van der Waals surface area contributed by atoms with Gasteiger partial charge < -0.3 is 15.4 Å². The average molecular weight is 263 g/mol. The number of ether oxygens (including phenoxy) is 1. The molecule has 2 atom stereocenters. The van der Waals surface area contributed by atoms with Crippen molar-refractivity contribution in [2.24, 2.45) is 11.8 Å². The number of hydrogen-bond donors (Lipinski definition) is 1. The highest BCUT2D eigenvalue weighted by atomic mass is 16.5. The van der Waals surface area contributed by atoms with E-state index >= 15 is 0 Å². The number of pyridine rings is 1. The van der Waals surface area contributed by atoms with Crippen molar-refractivity contribution >= 4 is 17.5 Å². The van der Waals surface area contributed by atoms with Gasteiger partial charge in [-0.2, -0.15) is 0 Å². The van der Waals surface area contributed by atoms with Crippen LogP contribution in [0.2, 0.25) is 0 Å². The van der Waals surface area contributed by atoms with Crippen LogP contribution in [0.1, 0.15) is 30.6 Å². The van der Waals surface area contributed by atoms with E-state index < -0.39 is 5.97 Å². The monoisotopic (exact) mass is 263 g/mol. The van der Waals surface area contributed by atoms with Crippen LogP contribution in [0.3, 0.4) is 0 Å². The third-order valence-electron chi connectivity index (χ3n) is 3.59. The maximum atomic E-state index is 11.8. The van der Waals surface area contributed by atoms with Gasteiger partial charge in [-0.3, -0.25) is 0 Å². The fourth-order valence-corrected chi connectivity index (χ4v) is 2.15. The van der Waals surface area contributed by atoms with Gasteiger partial charge in [-0.25, -0.2) is 9.78 Å². The lowest BCUT2D eigenvalue weighted by molar-refractivity contribution is 0.0527. The second-order valence-corrected chi connectivity index (χ2v) is 5.20. The Morgan fingerprint density at radius 2 is 2.32 bits per heavy atom. The largest absolute Gasteiger partial charge is 0.462 e. The van der Waals surface area contributed by atoms with Crippen LogP contribution in [0.4, 0.5) is 11.5 Å². The summed E-state index contributed by atoms with van der Waals surface area (Å²) >= 11 is 0. The van der Waals surface area contributed by atoms with Gasteiger partial charge in [-0.15, -0.1) is 0 Å². The van der Waals surface area contributed by atoms with Crippen LogP contribution in [0.5, 0.6) is 0 Å². The highest BCUT2D eigenvalue weighted by molar-refractivity contribution is 5.95. The summed E-state index contributed by atoms with van der Waals surface area (Å²) in [6.45, 7) is 5.32. The van der Waals surface area contributed by atoms with Gasteiger partial charge in [-0.1, -0.05) is 6.92 Å². The number of esters is 1. The standard InChI is InChI=1S/C14H21N3O2/c1-4-19-14(18)11-6-13(16-7-12(11)15)17(3)8-10-5-9(10)2/h6-7,9-10H,4-5,8,15H2,1-3H3. The normalized spacial score (nSPS) is 21.0. The fourth-order valence-electron chi connectivity index (χ4n) is 2.15. The average Bonchev–Trinajstić information content (AvgIpc) is 3.05. The Kier molecular flexibility index (Phi) is 3.93. The fraction of sp³-hybridized carbons (Fsp3) is 0.571. The van der Waals surface area contributed by atoms with E-state index in [4.69, 9.17) is 10.5 Å². The third-order valence-corrected chi connectivity index (χ3v) is 3.59. The zero-order valence-electron chi connectivity index (χ0n) is 11.7. The van der Waals surface area contributed by atoms with Gasteiger partial charge in [0.1, 0.15) is 5.82 Å². The molecule has 1 aromatic rings. The summed E-state index contributed by atoms with van der Waals surface area (Å²) in [5, 5.41) is 0. The molecule has 0 aliphatic heterocycles. The molecular weight excluding hydrogens is 242 g/mol. The third kappa shape index (κ3) is 3.16. The first-order valence-corrected chi connectivity index (χ1v) is 6.66. The lowest BCUT2D eigenvalue weighted by Gasteiger charge is -2.19. The summed E-state index contributed by atoms with van der Waals surface area (Å²) in [5.41, 5.74) is 6.52. The predicted octanol–water partition coefficient (Wildman–Crippen LogP) is 1.93. The molecule has 1 aliphatic rings. The van der Waals surface area contributed by atoms with Crippen molar-refractivity contribution in [1.82, 2.24) is 4.98 Å². The van der Waals surface area contributed by atoms with Crippen LogP contribution in [0, 0.1) is 11.8 Å². The molecule has 0 saturated heterocycles. The van der Waals surface area contributed by atoms with Crippen LogP contribution >= 0.6 is 0 Å². The van der Waals surface area contributed by atoms with Crippen molar-refractivity contribution in [3.8, 4) is 0 Å². The highest BCUT2D eigenvalue weighted by Crippen LogP contribution is 2.38. The molecule has 5 heteroatoms. The Labute approximate surface area is 113 Å². The van der Waals surface area contributed by atoms with E-state index in [0.717, 1.165) is 24.2 Å². The van der Waals surface area contributed by atoms with Gasteiger partial charge >= 0.3 is 5.97 Å². The molecule has 2 rings (SSSR count). The van der Waals surface area contributed by atoms with Crippen LogP contribution in [0.15, 0.2) is 12.3 Å². The minimum absolute atomic E-state index is 0.339. The van der Waals surface area contributed by atoms with Gasteiger partial charge in [0, 0.05) is 13.6 Å². The Hall–Kier alpha value is -1.78. The molecule has 19 heavy (non-hydrogen) atoms. The lowest BCUT2D eigenvalue weighted by Crippen LogP contribution is -2.22. The van der Waals surface area contributed by atoms with Crippen molar-refractivity contribution in [2.75, 3.05) is 30.8 Å². The molecule has 0 radical (unpaired) electrons. The Bertz CT molecular complexity index is 476. The van der Waals surface area contributed by atoms with E-state index in [1.807, 2.05) is 7.05 Å². The van der Waals surface area contributed by atoms with E-state index in [2.05, 4.69) is 16.8 Å². The van der Waals surface area contributed by atoms with E-state index in [9.17, 15) is 4.79 Å². The molecule has 0 spiro atoms. The summed E-state index contributed by atoms with van der Waals surface area (Å²) in [5.74, 6) is 1.89. The molecule has 1 fully saturated rings. The Morgan fingerprint density at radius 3 is 2.89 bits per heavy atom. The van der Waals surface area contributed by atoms with E-state index in [-0.39, 0.29) is 0 Å². The van der Waals surface area contributed by atoms with Gasteiger partial charge in [0.2, 0.25) is 0 Å². The summed E-state index contributed by atoms with van der Waals surface area (Å²) in [4.78, 5) is 18.1. The number of carbonyl (C=O) groups is 1. The highest BCUT2D eigenvalue weighted by Gasteiger charge is 2.33. The minimum atomic E-state index is -0.392. The number of nitrogens with zero attached hydrogens (tertiary/aromatic N) is 2. The minimum Gasteiger partial charge on any atom is -0.462 e. The van der Waals surface area contributed by atoms with Gasteiger partial charge in [0.15, 0.2) is 0 Å². The second-order valence-electron chi connectivity index (χ2n) is 5.20. The number of nitrogens with two attached hydrogens (primary N) is 1. The van der Waals surface area contributed by atoms with Crippen molar-refractivity contribution in [3.05, 3.63) is 17.8 Å². The van der Waals surface area contributed by atoms with Crippen LogP contribution in [-0.2, 0) is 4.74 Å². The number of anilines is 2. The van der Waals surface area contributed by atoms with E-state index in [0.29, 0.717) is 17.9 Å². The first-order chi connectivity index (χ1) is 9.02. The second kappa shape index (κ2) is 5.47. The van der Waals surface area contributed by atoms with Crippen molar-refractivity contribution in [2.45, 2.75) is 20.3 Å². The first kappa shape index (κ1) is 13.6. The lowest BCUT2D eigenvalue weighted by atomic mass is 10.2. The van der Waals surface area contributed by atoms with Crippen molar-refractivity contribution in [1.29, 1.82) is 0 Å². The molecule has 104 valence electrons. The van der Waals surface area contributed by atoms with Gasteiger partial charge in [0.05, 0.1) is 24.1 Å². The summed E-state index contributed by atoms with van der Waals surface area (Å²) in [6, 6.07) is 1.71. The van der Waals surface area contributed by atoms with E-state index in [1.54, 1.807) is 13.0 Å². The topological polar surface area (TPSA) is 68.5 Å². The van der Waals surface area contributed by atoms with E-state index in [1.165, 1.54) is 12.6 Å². The predicted molar refractivity (Wildman–Crippen MR) is 75.1 cm³/mol. The molecule has 5 nitrogen and oxygen atoms in total. The van der Waals surface area contributed by atoms with Crippen LogP contribution in [0.25, 0.3) is 0 Å². The molecule has 1 saturated carbocycles. The summed E-state index contributed by atoms with van der Waals surface area (Å²) in [6.07, 6.45) is 2.79. The van der Waals surface area contributed by atoms with Crippen molar-refractivity contribution < 1.29 is 9.53 Å².